The van der Waals surface area contributed by atoms with Crippen molar-refractivity contribution >= 4 is 11.7 Å². The summed E-state index contributed by atoms with van der Waals surface area (Å²) in [4.78, 5) is 15.9. The van der Waals surface area contributed by atoms with E-state index in [1.165, 1.54) is 23.6 Å². The molecule has 0 fully saturated rings. The molecule has 0 amide bonds. The van der Waals surface area contributed by atoms with Gasteiger partial charge in [-0.3, -0.25) is 4.79 Å². The molecule has 0 heterocycles. The molecule has 3 heteroatoms. The van der Waals surface area contributed by atoms with Crippen molar-refractivity contribution in [3.8, 4) is 0 Å². The number of fused-ring (bicyclic) bond motifs is 1. The predicted molar refractivity (Wildman–Crippen MR) is 90.4 cm³/mol. The molecule has 0 aromatic heterocycles. The molecule has 3 nitrogen and oxygen atoms in total. The maximum atomic E-state index is 11.0. The zero-order valence-electron chi connectivity index (χ0n) is 14.6. The minimum atomic E-state index is -0.370. The van der Waals surface area contributed by atoms with Gasteiger partial charge in [0.2, 0.25) is 0 Å². The topological polar surface area (TPSA) is 38.3 Å². The second-order valence-corrected chi connectivity index (χ2v) is 7.86. The average molecular weight is 301 g/mol. The van der Waals surface area contributed by atoms with E-state index >= 15 is 0 Å². The van der Waals surface area contributed by atoms with Gasteiger partial charge in [0, 0.05) is 12.5 Å². The van der Waals surface area contributed by atoms with Crippen LogP contribution in [0.4, 0.5) is 0 Å². The Kier molecular flexibility index (Phi) is 4.12. The van der Waals surface area contributed by atoms with Crippen LogP contribution in [-0.4, -0.2) is 5.97 Å². The first kappa shape index (κ1) is 16.6. The number of hydroxylamine groups is 1. The fourth-order valence-corrected chi connectivity index (χ4v) is 3.01. The zero-order chi connectivity index (χ0) is 16.7. The van der Waals surface area contributed by atoms with Gasteiger partial charge in [-0.15, -0.1) is 0 Å². The molecule has 2 rings (SSSR count). The molecule has 1 aliphatic carbocycles. The third kappa shape index (κ3) is 3.18. The van der Waals surface area contributed by atoms with Crippen LogP contribution in [0.25, 0.3) is 5.70 Å². The van der Waals surface area contributed by atoms with Crippen LogP contribution < -0.4 is 5.48 Å². The molecule has 1 aromatic carbocycles. The van der Waals surface area contributed by atoms with Gasteiger partial charge in [-0.2, -0.15) is 0 Å². The van der Waals surface area contributed by atoms with Crippen molar-refractivity contribution in [1.82, 2.24) is 5.48 Å². The van der Waals surface area contributed by atoms with E-state index in [2.05, 4.69) is 58.8 Å². The highest BCUT2D eigenvalue weighted by atomic mass is 16.7. The molecule has 0 unspecified atom stereocenters. The summed E-state index contributed by atoms with van der Waals surface area (Å²) in [5.74, 6) is -0.370. The van der Waals surface area contributed by atoms with Gasteiger partial charge in [0.25, 0.3) is 0 Å². The summed E-state index contributed by atoms with van der Waals surface area (Å²) in [5.41, 5.74) is 8.63. The lowest BCUT2D eigenvalue weighted by molar-refractivity contribution is -0.145. The molecule has 0 radical (unpaired) electrons. The molecule has 0 bridgehead atoms. The lowest BCUT2D eigenvalue weighted by Crippen LogP contribution is -2.20. The minimum absolute atomic E-state index is 0.0597. The Labute approximate surface area is 133 Å². The first-order valence-electron chi connectivity index (χ1n) is 7.83. The lowest BCUT2D eigenvalue weighted by Gasteiger charge is -2.26. The SMILES string of the molecule is C=C(NOC(C)=O)c1cc(C(C)(C)C)cc2c1CCC2(C)C. The second-order valence-electron chi connectivity index (χ2n) is 7.86. The number of carbonyl (C=O) groups excluding carboxylic acids is 1. The molecule has 0 atom stereocenters. The van der Waals surface area contributed by atoms with Crippen LogP contribution in [0.15, 0.2) is 18.7 Å². The van der Waals surface area contributed by atoms with Crippen molar-refractivity contribution in [2.75, 3.05) is 0 Å². The van der Waals surface area contributed by atoms with Crippen molar-refractivity contribution < 1.29 is 9.63 Å². The Hall–Kier alpha value is -1.77. The summed E-state index contributed by atoms with van der Waals surface area (Å²) in [7, 11) is 0. The third-order valence-electron chi connectivity index (χ3n) is 4.49. The molecule has 0 saturated carbocycles. The Bertz CT molecular complexity index is 621. The standard InChI is InChI=1S/C19H27NO2/c1-12(20-22-13(2)21)16-10-14(18(3,4)5)11-17-15(16)8-9-19(17,6)7/h10-11,20H,1,8-9H2,2-7H3. The Morgan fingerprint density at radius 1 is 1.32 bits per heavy atom. The van der Waals surface area contributed by atoms with Gasteiger partial charge in [-0.1, -0.05) is 47.3 Å². The molecule has 0 saturated heterocycles. The van der Waals surface area contributed by atoms with Crippen molar-refractivity contribution in [2.24, 2.45) is 0 Å². The average Bonchev–Trinajstić information content (AvgIpc) is 2.70. The van der Waals surface area contributed by atoms with Crippen molar-refractivity contribution in [2.45, 2.75) is 65.2 Å². The number of hydrogen-bond acceptors (Lipinski definition) is 3. The molecule has 1 aromatic rings. The van der Waals surface area contributed by atoms with Crippen LogP contribution in [0.3, 0.4) is 0 Å². The highest BCUT2D eigenvalue weighted by Gasteiger charge is 2.33. The van der Waals surface area contributed by atoms with E-state index in [9.17, 15) is 4.79 Å². The van der Waals surface area contributed by atoms with E-state index in [0.717, 1.165) is 18.4 Å². The van der Waals surface area contributed by atoms with Crippen molar-refractivity contribution in [3.05, 3.63) is 41.0 Å². The van der Waals surface area contributed by atoms with E-state index in [4.69, 9.17) is 4.84 Å². The van der Waals surface area contributed by atoms with Crippen LogP contribution in [0.2, 0.25) is 0 Å². The lowest BCUT2D eigenvalue weighted by atomic mass is 9.79. The zero-order valence-corrected chi connectivity index (χ0v) is 14.6. The quantitative estimate of drug-likeness (QED) is 0.848. The van der Waals surface area contributed by atoms with Crippen molar-refractivity contribution in [1.29, 1.82) is 0 Å². The molecular formula is C19H27NO2. The van der Waals surface area contributed by atoms with E-state index in [1.54, 1.807) is 0 Å². The van der Waals surface area contributed by atoms with Crippen LogP contribution in [0.1, 0.15) is 70.2 Å². The molecule has 0 spiro atoms. The van der Waals surface area contributed by atoms with Gasteiger partial charge in [0.15, 0.2) is 0 Å². The number of carbonyl (C=O) groups is 1. The van der Waals surface area contributed by atoms with Crippen LogP contribution >= 0.6 is 0 Å². The van der Waals surface area contributed by atoms with E-state index in [-0.39, 0.29) is 16.8 Å². The Balaban J connectivity index is 2.51. The highest BCUT2D eigenvalue weighted by Crippen LogP contribution is 2.43. The first-order valence-corrected chi connectivity index (χ1v) is 7.83. The maximum Gasteiger partial charge on any atom is 0.329 e. The minimum Gasteiger partial charge on any atom is -0.344 e. The third-order valence-corrected chi connectivity index (χ3v) is 4.49. The van der Waals surface area contributed by atoms with E-state index < -0.39 is 0 Å². The smallest absolute Gasteiger partial charge is 0.329 e. The fourth-order valence-electron chi connectivity index (χ4n) is 3.01. The summed E-state index contributed by atoms with van der Waals surface area (Å²) in [5, 5.41) is 0. The predicted octanol–water partition coefficient (Wildman–Crippen LogP) is 4.25. The monoisotopic (exact) mass is 301 g/mol. The van der Waals surface area contributed by atoms with Gasteiger partial charge in [0.1, 0.15) is 0 Å². The molecule has 120 valence electrons. The van der Waals surface area contributed by atoms with Crippen LogP contribution in [0.5, 0.6) is 0 Å². The van der Waals surface area contributed by atoms with Crippen LogP contribution in [0, 0.1) is 0 Å². The normalized spacial score (nSPS) is 16.1. The van der Waals surface area contributed by atoms with Crippen molar-refractivity contribution in [3.63, 3.8) is 0 Å². The summed E-state index contributed by atoms with van der Waals surface area (Å²) in [6, 6.07) is 4.52. The molecular weight excluding hydrogens is 274 g/mol. The number of hydrogen-bond donors (Lipinski definition) is 1. The first-order chi connectivity index (χ1) is 10.0. The fraction of sp³-hybridized carbons (Fsp3) is 0.526. The summed E-state index contributed by atoms with van der Waals surface area (Å²) >= 11 is 0. The largest absolute Gasteiger partial charge is 0.344 e. The summed E-state index contributed by atoms with van der Waals surface area (Å²) in [6.45, 7) is 16.6. The Morgan fingerprint density at radius 3 is 2.50 bits per heavy atom. The molecule has 0 aliphatic heterocycles. The van der Waals surface area contributed by atoms with Gasteiger partial charge in [-0.05, 0) is 46.4 Å². The summed E-state index contributed by atoms with van der Waals surface area (Å²) in [6.07, 6.45) is 2.16. The summed E-state index contributed by atoms with van der Waals surface area (Å²) < 4.78 is 0. The van der Waals surface area contributed by atoms with Crippen LogP contribution in [-0.2, 0) is 26.9 Å². The Morgan fingerprint density at radius 2 is 1.95 bits per heavy atom. The highest BCUT2D eigenvalue weighted by molar-refractivity contribution is 5.71. The molecule has 1 N–H and O–H groups in total. The van der Waals surface area contributed by atoms with Gasteiger partial charge in [0.05, 0.1) is 5.70 Å². The maximum absolute atomic E-state index is 11.0. The van der Waals surface area contributed by atoms with E-state index in [0.29, 0.717) is 5.70 Å². The van der Waals surface area contributed by atoms with Gasteiger partial charge in [-0.25, -0.2) is 5.48 Å². The number of rotatable bonds is 3. The number of benzene rings is 1. The van der Waals surface area contributed by atoms with E-state index in [1.807, 2.05) is 0 Å². The second kappa shape index (κ2) is 5.45. The van der Waals surface area contributed by atoms with Gasteiger partial charge < -0.3 is 4.84 Å². The molecule has 1 aliphatic rings. The van der Waals surface area contributed by atoms with Gasteiger partial charge >= 0.3 is 5.97 Å². The molecule has 22 heavy (non-hydrogen) atoms. The number of nitrogens with one attached hydrogen (secondary N) is 1.